The Morgan fingerprint density at radius 1 is 1.33 bits per heavy atom. The van der Waals surface area contributed by atoms with Crippen LogP contribution in [0, 0.1) is 0 Å². The van der Waals surface area contributed by atoms with Crippen molar-refractivity contribution in [2.24, 2.45) is 0 Å². The van der Waals surface area contributed by atoms with E-state index in [1.807, 2.05) is 17.8 Å². The lowest BCUT2D eigenvalue weighted by molar-refractivity contribution is 0.776. The molecule has 2 rings (SSSR count). The fourth-order valence-electron chi connectivity index (χ4n) is 1.77. The molecule has 15 heavy (non-hydrogen) atoms. The first-order valence-electron chi connectivity index (χ1n) is 5.13. The molecule has 1 aromatic carbocycles. The first-order valence-corrected chi connectivity index (χ1v) is 5.94. The molecule has 1 aliphatic heterocycles. The number of rotatable bonds is 2. The summed E-state index contributed by atoms with van der Waals surface area (Å²) in [6, 6.07) is 8.99. The number of allylic oxidation sites excluding steroid dienone is 2. The number of hydrogen-bond donors (Lipinski definition) is 0. The summed E-state index contributed by atoms with van der Waals surface area (Å²) in [5.41, 5.74) is 1.31. The summed E-state index contributed by atoms with van der Waals surface area (Å²) in [6.07, 6.45) is 3.92. The number of anilines is 1. The van der Waals surface area contributed by atoms with Gasteiger partial charge in [0, 0.05) is 10.9 Å². The molecular weight excluding hydrogens is 202 g/mol. The van der Waals surface area contributed by atoms with E-state index in [-0.39, 0.29) is 0 Å². The Morgan fingerprint density at radius 2 is 2.07 bits per heavy atom. The summed E-state index contributed by atoms with van der Waals surface area (Å²) in [4.78, 5) is 3.68. The van der Waals surface area contributed by atoms with Crippen LogP contribution in [0.4, 0.5) is 5.69 Å². The van der Waals surface area contributed by atoms with Crippen LogP contribution in [-0.2, 0) is 0 Å². The molecule has 0 bridgehead atoms. The average molecular weight is 217 g/mol. The lowest BCUT2D eigenvalue weighted by atomic mass is 10.2. The maximum atomic E-state index is 3.76. The highest BCUT2D eigenvalue weighted by Gasteiger charge is 2.25. The summed E-state index contributed by atoms with van der Waals surface area (Å²) >= 11 is 1.81. The van der Waals surface area contributed by atoms with Crippen molar-refractivity contribution in [1.82, 2.24) is 0 Å². The maximum Gasteiger partial charge on any atom is 0.0803 e. The Balaban J connectivity index is 2.46. The molecule has 2 heteroatoms. The smallest absolute Gasteiger partial charge is 0.0803 e. The molecule has 1 aliphatic rings. The molecule has 1 heterocycles. The second-order valence-corrected chi connectivity index (χ2v) is 4.84. The molecule has 0 fully saturated rings. The van der Waals surface area contributed by atoms with Crippen molar-refractivity contribution in [3.05, 3.63) is 48.0 Å². The Kier molecular flexibility index (Phi) is 2.87. The first-order chi connectivity index (χ1) is 7.24. The molecule has 0 radical (unpaired) electrons. The third kappa shape index (κ3) is 1.82. The molecule has 0 spiro atoms. The number of fused-ring (bicyclic) bond motifs is 1. The van der Waals surface area contributed by atoms with Crippen LogP contribution in [0.3, 0.4) is 0 Å². The normalized spacial score (nSPS) is 17.3. The van der Waals surface area contributed by atoms with Gasteiger partial charge in [-0.05, 0) is 32.1 Å². The van der Waals surface area contributed by atoms with Gasteiger partial charge in [-0.25, -0.2) is 0 Å². The molecule has 0 amide bonds. The number of benzene rings is 1. The number of para-hydroxylation sites is 1. The van der Waals surface area contributed by atoms with Gasteiger partial charge in [-0.15, -0.1) is 0 Å². The number of nitrogens with zero attached hydrogens (tertiary/aromatic N) is 1. The second kappa shape index (κ2) is 4.15. The standard InChI is InChI=1S/C13H15NS/c1-4-7-13-14(10(2)3)11-8-5-6-9-12(11)15-13/h4-10H,1H2,2-3H3/b13-7-. The Morgan fingerprint density at radius 3 is 2.73 bits per heavy atom. The molecule has 0 aromatic heterocycles. The van der Waals surface area contributed by atoms with Crippen LogP contribution in [0.25, 0.3) is 0 Å². The summed E-state index contributed by atoms with van der Waals surface area (Å²) in [5, 5.41) is 1.27. The lowest BCUT2D eigenvalue weighted by Gasteiger charge is -2.24. The highest BCUT2D eigenvalue weighted by Crippen LogP contribution is 2.46. The molecule has 0 aliphatic carbocycles. The van der Waals surface area contributed by atoms with Crippen molar-refractivity contribution in [2.45, 2.75) is 24.8 Å². The Hall–Kier alpha value is -1.15. The van der Waals surface area contributed by atoms with Gasteiger partial charge in [-0.1, -0.05) is 36.5 Å². The molecular formula is C13H15NS. The lowest BCUT2D eigenvalue weighted by Crippen LogP contribution is -2.25. The van der Waals surface area contributed by atoms with Gasteiger partial charge in [0.05, 0.1) is 10.7 Å². The fraction of sp³-hybridized carbons (Fsp3) is 0.231. The van der Waals surface area contributed by atoms with Gasteiger partial charge in [0.2, 0.25) is 0 Å². The van der Waals surface area contributed by atoms with E-state index in [4.69, 9.17) is 0 Å². The van der Waals surface area contributed by atoms with Crippen LogP contribution in [-0.4, -0.2) is 6.04 Å². The number of hydrogen-bond acceptors (Lipinski definition) is 2. The molecule has 78 valence electrons. The summed E-state index contributed by atoms with van der Waals surface area (Å²) in [7, 11) is 0. The van der Waals surface area contributed by atoms with Gasteiger partial charge >= 0.3 is 0 Å². The van der Waals surface area contributed by atoms with Crippen LogP contribution in [0.15, 0.2) is 52.9 Å². The van der Waals surface area contributed by atoms with Crippen molar-refractivity contribution < 1.29 is 0 Å². The topological polar surface area (TPSA) is 3.24 Å². The van der Waals surface area contributed by atoms with Crippen LogP contribution < -0.4 is 4.90 Å². The zero-order valence-electron chi connectivity index (χ0n) is 9.10. The second-order valence-electron chi connectivity index (χ2n) is 3.77. The van der Waals surface area contributed by atoms with Crippen LogP contribution in [0.2, 0.25) is 0 Å². The van der Waals surface area contributed by atoms with Gasteiger partial charge in [-0.2, -0.15) is 0 Å². The van der Waals surface area contributed by atoms with Crippen molar-refractivity contribution >= 4 is 17.4 Å². The summed E-state index contributed by atoms with van der Waals surface area (Å²) < 4.78 is 0. The van der Waals surface area contributed by atoms with Gasteiger partial charge in [0.1, 0.15) is 0 Å². The predicted octanol–water partition coefficient (Wildman–Crippen LogP) is 4.03. The zero-order valence-corrected chi connectivity index (χ0v) is 9.92. The molecule has 1 nitrogen and oxygen atoms in total. The minimum absolute atomic E-state index is 0.479. The molecule has 1 aromatic rings. The van der Waals surface area contributed by atoms with E-state index in [0.29, 0.717) is 6.04 Å². The van der Waals surface area contributed by atoms with Crippen molar-refractivity contribution in [1.29, 1.82) is 0 Å². The minimum Gasteiger partial charge on any atom is -0.332 e. The van der Waals surface area contributed by atoms with Crippen molar-refractivity contribution in [2.75, 3.05) is 4.90 Å². The number of thioether (sulfide) groups is 1. The Labute approximate surface area is 95.5 Å². The van der Waals surface area contributed by atoms with E-state index < -0.39 is 0 Å². The van der Waals surface area contributed by atoms with Crippen molar-refractivity contribution in [3.8, 4) is 0 Å². The SMILES string of the molecule is C=C/C=C1\Sc2ccccc2N1C(C)C. The van der Waals surface area contributed by atoms with Gasteiger partial charge < -0.3 is 4.90 Å². The molecule has 0 atom stereocenters. The molecule has 0 saturated carbocycles. The quantitative estimate of drug-likeness (QED) is 0.735. The van der Waals surface area contributed by atoms with E-state index in [1.165, 1.54) is 15.6 Å². The van der Waals surface area contributed by atoms with Crippen LogP contribution in [0.5, 0.6) is 0 Å². The van der Waals surface area contributed by atoms with E-state index in [9.17, 15) is 0 Å². The largest absolute Gasteiger partial charge is 0.332 e. The fourth-order valence-corrected chi connectivity index (χ4v) is 2.99. The van der Waals surface area contributed by atoms with E-state index in [0.717, 1.165) is 0 Å². The van der Waals surface area contributed by atoms with E-state index in [2.05, 4.69) is 55.7 Å². The zero-order chi connectivity index (χ0) is 10.8. The van der Waals surface area contributed by atoms with Gasteiger partial charge in [0.15, 0.2) is 0 Å². The highest BCUT2D eigenvalue weighted by molar-refractivity contribution is 8.03. The minimum atomic E-state index is 0.479. The predicted molar refractivity (Wildman–Crippen MR) is 68.2 cm³/mol. The van der Waals surface area contributed by atoms with Gasteiger partial charge in [0.25, 0.3) is 0 Å². The molecule has 0 saturated heterocycles. The van der Waals surface area contributed by atoms with E-state index >= 15 is 0 Å². The van der Waals surface area contributed by atoms with Crippen LogP contribution >= 0.6 is 11.8 Å². The van der Waals surface area contributed by atoms with Gasteiger partial charge in [-0.3, -0.25) is 0 Å². The Bertz CT molecular complexity index is 407. The maximum absolute atomic E-state index is 3.76. The summed E-state index contributed by atoms with van der Waals surface area (Å²) in [5.74, 6) is 0. The molecule has 0 unspecified atom stereocenters. The third-order valence-corrected chi connectivity index (χ3v) is 3.46. The third-order valence-electron chi connectivity index (χ3n) is 2.35. The monoisotopic (exact) mass is 217 g/mol. The van der Waals surface area contributed by atoms with Crippen molar-refractivity contribution in [3.63, 3.8) is 0 Å². The highest BCUT2D eigenvalue weighted by atomic mass is 32.2. The average Bonchev–Trinajstić information content (AvgIpc) is 2.56. The first kappa shape index (κ1) is 10.4. The molecule has 0 N–H and O–H groups in total. The van der Waals surface area contributed by atoms with E-state index in [1.54, 1.807) is 0 Å². The summed E-state index contributed by atoms with van der Waals surface area (Å²) in [6.45, 7) is 8.18. The van der Waals surface area contributed by atoms with Crippen LogP contribution in [0.1, 0.15) is 13.8 Å².